The number of carbonyl (C=O) groups excluding carboxylic acids is 1. The van der Waals surface area contributed by atoms with Crippen molar-refractivity contribution in [2.45, 2.75) is 44.9 Å². The lowest BCUT2D eigenvalue weighted by Gasteiger charge is -2.36. The average molecular weight is 346 g/mol. The summed E-state index contributed by atoms with van der Waals surface area (Å²) in [7, 11) is 2.12. The zero-order chi connectivity index (χ0) is 17.8. The fourth-order valence-corrected chi connectivity index (χ4v) is 3.65. The highest BCUT2D eigenvalue weighted by Gasteiger charge is 2.22. The van der Waals surface area contributed by atoms with Gasteiger partial charge in [-0.15, -0.1) is 0 Å². The lowest BCUT2D eigenvalue weighted by Crippen LogP contribution is -2.45. The number of hydrogen-bond acceptors (Lipinski definition) is 4. The van der Waals surface area contributed by atoms with E-state index in [1.807, 2.05) is 12.1 Å². The molecule has 2 amide bonds. The Morgan fingerprint density at radius 3 is 2.28 bits per heavy atom. The predicted molar refractivity (Wildman–Crippen MR) is 101 cm³/mol. The Labute approximate surface area is 150 Å². The van der Waals surface area contributed by atoms with Crippen molar-refractivity contribution in [3.63, 3.8) is 0 Å². The van der Waals surface area contributed by atoms with Crippen LogP contribution >= 0.6 is 0 Å². The van der Waals surface area contributed by atoms with Crippen molar-refractivity contribution in [2.24, 2.45) is 0 Å². The molecule has 6 nitrogen and oxygen atoms in total. The minimum Gasteiger partial charge on any atom is -0.372 e. The van der Waals surface area contributed by atoms with E-state index in [0.29, 0.717) is 0 Å². The van der Waals surface area contributed by atoms with Gasteiger partial charge in [0.1, 0.15) is 0 Å². The van der Waals surface area contributed by atoms with Gasteiger partial charge in [-0.2, -0.15) is 0 Å². The van der Waals surface area contributed by atoms with Gasteiger partial charge in [-0.3, -0.25) is 0 Å². The highest BCUT2D eigenvalue weighted by Crippen LogP contribution is 2.22. The summed E-state index contributed by atoms with van der Waals surface area (Å²) in [6.07, 6.45) is 2.50. The largest absolute Gasteiger partial charge is 0.372 e. The van der Waals surface area contributed by atoms with Gasteiger partial charge in [-0.1, -0.05) is 0 Å². The summed E-state index contributed by atoms with van der Waals surface area (Å²) in [6, 6.07) is 8.22. The highest BCUT2D eigenvalue weighted by atomic mass is 16.5. The van der Waals surface area contributed by atoms with Crippen LogP contribution in [0.2, 0.25) is 0 Å². The molecule has 6 heteroatoms. The molecule has 1 aromatic carbocycles. The summed E-state index contributed by atoms with van der Waals surface area (Å²) in [6.45, 7) is 8.07. The second-order valence-corrected chi connectivity index (χ2v) is 7.39. The van der Waals surface area contributed by atoms with Crippen LogP contribution in [0, 0.1) is 0 Å². The maximum absolute atomic E-state index is 12.2. The summed E-state index contributed by atoms with van der Waals surface area (Å²) in [5, 5.41) is 6.02. The molecule has 0 saturated carbocycles. The van der Waals surface area contributed by atoms with E-state index in [4.69, 9.17) is 4.74 Å². The number of piperidine rings is 1. The van der Waals surface area contributed by atoms with Crippen molar-refractivity contribution in [1.29, 1.82) is 0 Å². The van der Waals surface area contributed by atoms with E-state index < -0.39 is 0 Å². The number of amides is 2. The van der Waals surface area contributed by atoms with Crippen LogP contribution in [0.15, 0.2) is 24.3 Å². The number of morpholine rings is 1. The Bertz CT molecular complexity index is 559. The van der Waals surface area contributed by atoms with Gasteiger partial charge in [-0.25, -0.2) is 4.79 Å². The molecule has 0 spiro atoms. The second-order valence-electron chi connectivity index (χ2n) is 7.39. The number of rotatable bonds is 3. The van der Waals surface area contributed by atoms with Gasteiger partial charge in [0.05, 0.1) is 12.2 Å². The molecule has 25 heavy (non-hydrogen) atoms. The van der Waals surface area contributed by atoms with E-state index in [9.17, 15) is 4.79 Å². The van der Waals surface area contributed by atoms with E-state index in [1.54, 1.807) is 0 Å². The Kier molecular flexibility index (Phi) is 5.81. The van der Waals surface area contributed by atoms with Gasteiger partial charge >= 0.3 is 6.03 Å². The number of nitrogens with zero attached hydrogens (tertiary/aromatic N) is 2. The predicted octanol–water partition coefficient (Wildman–Crippen LogP) is 2.52. The van der Waals surface area contributed by atoms with E-state index in [2.05, 4.69) is 53.5 Å². The highest BCUT2D eigenvalue weighted by molar-refractivity contribution is 5.89. The summed E-state index contributed by atoms with van der Waals surface area (Å²) in [4.78, 5) is 16.8. The number of ether oxygens (including phenoxy) is 1. The van der Waals surface area contributed by atoms with Crippen LogP contribution < -0.4 is 15.5 Å². The molecule has 0 radical (unpaired) electrons. The minimum atomic E-state index is -0.115. The van der Waals surface area contributed by atoms with Gasteiger partial charge < -0.3 is 25.2 Å². The first-order chi connectivity index (χ1) is 12.0. The molecule has 2 saturated heterocycles. The van der Waals surface area contributed by atoms with Crippen LogP contribution in [-0.2, 0) is 4.74 Å². The van der Waals surface area contributed by atoms with Crippen LogP contribution in [0.4, 0.5) is 16.2 Å². The number of benzene rings is 1. The average Bonchev–Trinajstić information content (AvgIpc) is 2.57. The molecule has 0 bridgehead atoms. The topological polar surface area (TPSA) is 56.8 Å². The van der Waals surface area contributed by atoms with Crippen molar-refractivity contribution in [3.05, 3.63) is 24.3 Å². The normalized spacial score (nSPS) is 25.6. The quantitative estimate of drug-likeness (QED) is 0.883. The monoisotopic (exact) mass is 346 g/mol. The van der Waals surface area contributed by atoms with Crippen molar-refractivity contribution >= 4 is 17.4 Å². The number of hydrogen-bond donors (Lipinski definition) is 2. The third kappa shape index (κ3) is 5.09. The summed E-state index contributed by atoms with van der Waals surface area (Å²) < 4.78 is 5.78. The standard InChI is InChI=1S/C19H30N4O2/c1-14-12-23(13-15(2)25-14)18-6-4-16(5-7-18)20-19(24)21-17-8-10-22(3)11-9-17/h4-7,14-15,17H,8-13H2,1-3H3,(H2,20,21,24)/t14-,15-/m0/s1. The lowest BCUT2D eigenvalue weighted by atomic mass is 10.1. The number of urea groups is 1. The van der Waals surface area contributed by atoms with Crippen LogP contribution in [0.3, 0.4) is 0 Å². The van der Waals surface area contributed by atoms with E-state index in [1.165, 1.54) is 5.69 Å². The molecule has 0 aliphatic carbocycles. The van der Waals surface area contributed by atoms with Crippen LogP contribution in [-0.4, -0.2) is 62.4 Å². The molecular formula is C19H30N4O2. The zero-order valence-electron chi connectivity index (χ0n) is 15.5. The number of nitrogens with one attached hydrogen (secondary N) is 2. The van der Waals surface area contributed by atoms with E-state index >= 15 is 0 Å². The molecule has 3 rings (SSSR count). The Morgan fingerprint density at radius 2 is 1.68 bits per heavy atom. The van der Waals surface area contributed by atoms with Crippen molar-refractivity contribution in [2.75, 3.05) is 43.4 Å². The number of carbonyl (C=O) groups is 1. The summed E-state index contributed by atoms with van der Waals surface area (Å²) in [5.41, 5.74) is 1.99. The molecule has 2 atom stereocenters. The molecular weight excluding hydrogens is 316 g/mol. The van der Waals surface area contributed by atoms with Gasteiger partial charge in [0, 0.05) is 30.5 Å². The molecule has 2 heterocycles. The van der Waals surface area contributed by atoms with Gasteiger partial charge in [-0.05, 0) is 71.1 Å². The molecule has 1 aromatic rings. The van der Waals surface area contributed by atoms with Crippen LogP contribution in [0.1, 0.15) is 26.7 Å². The van der Waals surface area contributed by atoms with Crippen LogP contribution in [0.25, 0.3) is 0 Å². The van der Waals surface area contributed by atoms with Gasteiger partial charge in [0.25, 0.3) is 0 Å². The maximum atomic E-state index is 12.2. The molecule has 2 aliphatic rings. The fourth-order valence-electron chi connectivity index (χ4n) is 3.65. The zero-order valence-corrected chi connectivity index (χ0v) is 15.5. The van der Waals surface area contributed by atoms with E-state index in [-0.39, 0.29) is 24.3 Å². The number of likely N-dealkylation sites (tertiary alicyclic amines) is 1. The first-order valence-electron chi connectivity index (χ1n) is 9.26. The molecule has 138 valence electrons. The van der Waals surface area contributed by atoms with Crippen molar-refractivity contribution < 1.29 is 9.53 Å². The lowest BCUT2D eigenvalue weighted by molar-refractivity contribution is -0.00521. The first-order valence-corrected chi connectivity index (χ1v) is 9.26. The van der Waals surface area contributed by atoms with Crippen molar-refractivity contribution in [3.8, 4) is 0 Å². The molecule has 2 aliphatic heterocycles. The Balaban J connectivity index is 1.51. The maximum Gasteiger partial charge on any atom is 0.319 e. The summed E-state index contributed by atoms with van der Waals surface area (Å²) >= 11 is 0. The molecule has 2 fully saturated rings. The van der Waals surface area contributed by atoms with E-state index in [0.717, 1.165) is 44.7 Å². The third-order valence-electron chi connectivity index (χ3n) is 4.96. The Hall–Kier alpha value is -1.79. The van der Waals surface area contributed by atoms with Gasteiger partial charge in [0.15, 0.2) is 0 Å². The van der Waals surface area contributed by atoms with Gasteiger partial charge in [0.2, 0.25) is 0 Å². The fraction of sp³-hybridized carbons (Fsp3) is 0.632. The molecule has 2 N–H and O–H groups in total. The molecule has 0 aromatic heterocycles. The smallest absolute Gasteiger partial charge is 0.319 e. The van der Waals surface area contributed by atoms with Crippen LogP contribution in [0.5, 0.6) is 0 Å². The second kappa shape index (κ2) is 8.06. The first kappa shape index (κ1) is 18.0. The van der Waals surface area contributed by atoms with Crippen molar-refractivity contribution in [1.82, 2.24) is 10.2 Å². The minimum absolute atomic E-state index is 0.115. The third-order valence-corrected chi connectivity index (χ3v) is 4.96. The summed E-state index contributed by atoms with van der Waals surface area (Å²) in [5.74, 6) is 0. The molecule has 0 unspecified atom stereocenters. The number of anilines is 2. The SMILES string of the molecule is C[C@H]1CN(c2ccc(NC(=O)NC3CCN(C)CC3)cc2)C[C@H](C)O1. The Morgan fingerprint density at radius 1 is 1.08 bits per heavy atom.